The minimum absolute atomic E-state index is 0.741. The van der Waals surface area contributed by atoms with E-state index in [1.54, 1.807) is 5.56 Å². The molecule has 1 aliphatic carbocycles. The summed E-state index contributed by atoms with van der Waals surface area (Å²) < 4.78 is 0. The molecule has 2 N–H and O–H groups in total. The Labute approximate surface area is 120 Å². The molecule has 1 fully saturated rings. The highest BCUT2D eigenvalue weighted by Gasteiger charge is 2.27. The summed E-state index contributed by atoms with van der Waals surface area (Å²) in [7, 11) is 0. The lowest BCUT2D eigenvalue weighted by Crippen LogP contribution is -2.50. The number of nitrogens with zero attached hydrogens (tertiary/aromatic N) is 1. The number of nitrogens with one attached hydrogen (secondary N) is 2. The van der Waals surface area contributed by atoms with Gasteiger partial charge in [0, 0.05) is 48.8 Å². The summed E-state index contributed by atoms with van der Waals surface area (Å²) in [5, 5.41) is 4.91. The molecule has 0 spiro atoms. The van der Waals surface area contributed by atoms with E-state index < -0.39 is 0 Å². The Morgan fingerprint density at radius 2 is 2.05 bits per heavy atom. The number of H-pyrrole nitrogens is 1. The van der Waals surface area contributed by atoms with Crippen molar-refractivity contribution in [3.63, 3.8) is 0 Å². The van der Waals surface area contributed by atoms with Crippen LogP contribution in [0.5, 0.6) is 0 Å². The number of fused-ring (bicyclic) bond motifs is 3. The predicted molar refractivity (Wildman–Crippen MR) is 83.3 cm³/mol. The highest BCUT2D eigenvalue weighted by molar-refractivity contribution is 5.85. The zero-order valence-corrected chi connectivity index (χ0v) is 12.2. The van der Waals surface area contributed by atoms with E-state index in [1.807, 2.05) is 0 Å². The molecule has 20 heavy (non-hydrogen) atoms. The highest BCUT2D eigenvalue weighted by atomic mass is 15.2. The van der Waals surface area contributed by atoms with Crippen molar-refractivity contribution in [3.8, 4) is 0 Å². The normalized spacial score (nSPS) is 23.9. The predicted octanol–water partition coefficient (Wildman–Crippen LogP) is 2.24. The molecule has 1 aromatic heterocycles. The molecule has 4 rings (SSSR count). The molecule has 0 saturated carbocycles. The molecule has 1 aromatic carbocycles. The largest absolute Gasteiger partial charge is 0.358 e. The average Bonchev–Trinajstić information content (AvgIpc) is 2.84. The fraction of sp³-hybridized carbons (Fsp3) is 0.529. The standard InChI is InChI=1S/C17H23N3/c1-12-2-4-14-15-11-13(20-8-6-18-7-9-20)3-5-16(15)19-17(14)10-12/h2,4,10,13,18-19H,3,5-9,11H2,1H3. The van der Waals surface area contributed by atoms with E-state index in [2.05, 4.69) is 40.3 Å². The maximum absolute atomic E-state index is 3.65. The number of aryl methyl sites for hydroxylation is 2. The van der Waals surface area contributed by atoms with Gasteiger partial charge in [-0.05, 0) is 43.4 Å². The molecule has 1 aliphatic heterocycles. The van der Waals surface area contributed by atoms with Crippen molar-refractivity contribution >= 4 is 10.9 Å². The van der Waals surface area contributed by atoms with Gasteiger partial charge in [0.25, 0.3) is 0 Å². The SMILES string of the molecule is Cc1ccc2c3c([nH]c2c1)CCC(N1CCNCC1)C3. The van der Waals surface area contributed by atoms with Gasteiger partial charge in [-0.1, -0.05) is 12.1 Å². The third-order valence-corrected chi connectivity index (χ3v) is 4.99. The first-order valence-corrected chi connectivity index (χ1v) is 7.86. The maximum atomic E-state index is 3.65. The summed E-state index contributed by atoms with van der Waals surface area (Å²) in [4.78, 5) is 6.34. The minimum atomic E-state index is 0.741. The number of hydrogen-bond donors (Lipinski definition) is 2. The molecule has 1 atom stereocenters. The van der Waals surface area contributed by atoms with Gasteiger partial charge in [0.1, 0.15) is 0 Å². The van der Waals surface area contributed by atoms with Crippen molar-refractivity contribution in [2.75, 3.05) is 26.2 Å². The number of hydrogen-bond acceptors (Lipinski definition) is 2. The summed E-state index contributed by atoms with van der Waals surface area (Å²) in [6.07, 6.45) is 3.73. The zero-order valence-electron chi connectivity index (χ0n) is 12.2. The van der Waals surface area contributed by atoms with Gasteiger partial charge >= 0.3 is 0 Å². The van der Waals surface area contributed by atoms with Crippen LogP contribution < -0.4 is 5.32 Å². The average molecular weight is 269 g/mol. The number of aromatic amines is 1. The van der Waals surface area contributed by atoms with Crippen LogP contribution in [-0.4, -0.2) is 42.1 Å². The molecule has 0 amide bonds. The summed E-state index contributed by atoms with van der Waals surface area (Å²) in [5.74, 6) is 0. The minimum Gasteiger partial charge on any atom is -0.358 e. The number of benzene rings is 1. The molecular weight excluding hydrogens is 246 g/mol. The lowest BCUT2D eigenvalue weighted by Gasteiger charge is -2.37. The Morgan fingerprint density at radius 1 is 1.20 bits per heavy atom. The Balaban J connectivity index is 1.65. The van der Waals surface area contributed by atoms with Crippen LogP contribution in [0, 0.1) is 6.92 Å². The van der Waals surface area contributed by atoms with E-state index in [0.29, 0.717) is 0 Å². The fourth-order valence-corrected chi connectivity index (χ4v) is 3.88. The van der Waals surface area contributed by atoms with Gasteiger partial charge < -0.3 is 10.3 Å². The Bertz CT molecular complexity index is 622. The molecule has 2 aromatic rings. The fourth-order valence-electron chi connectivity index (χ4n) is 3.88. The van der Waals surface area contributed by atoms with Crippen molar-refractivity contribution in [2.24, 2.45) is 0 Å². The second-order valence-corrected chi connectivity index (χ2v) is 6.31. The van der Waals surface area contributed by atoms with Gasteiger partial charge in [-0.15, -0.1) is 0 Å². The van der Waals surface area contributed by atoms with Crippen LogP contribution in [0.15, 0.2) is 18.2 Å². The first kappa shape index (κ1) is 12.4. The molecule has 0 radical (unpaired) electrons. The molecule has 2 aliphatic rings. The van der Waals surface area contributed by atoms with E-state index in [1.165, 1.54) is 54.5 Å². The lowest BCUT2D eigenvalue weighted by molar-refractivity contribution is 0.159. The van der Waals surface area contributed by atoms with Gasteiger partial charge in [-0.3, -0.25) is 4.90 Å². The van der Waals surface area contributed by atoms with E-state index >= 15 is 0 Å². The van der Waals surface area contributed by atoms with Gasteiger partial charge in [-0.25, -0.2) is 0 Å². The van der Waals surface area contributed by atoms with Crippen LogP contribution >= 0.6 is 0 Å². The molecule has 3 nitrogen and oxygen atoms in total. The van der Waals surface area contributed by atoms with Gasteiger partial charge in [0.15, 0.2) is 0 Å². The topological polar surface area (TPSA) is 31.1 Å². The summed E-state index contributed by atoms with van der Waals surface area (Å²) in [6.45, 7) is 6.89. The van der Waals surface area contributed by atoms with Crippen LogP contribution in [0.2, 0.25) is 0 Å². The van der Waals surface area contributed by atoms with E-state index in [9.17, 15) is 0 Å². The number of rotatable bonds is 1. The summed E-state index contributed by atoms with van der Waals surface area (Å²) in [6, 6.07) is 7.57. The van der Waals surface area contributed by atoms with E-state index in [4.69, 9.17) is 0 Å². The van der Waals surface area contributed by atoms with E-state index in [-0.39, 0.29) is 0 Å². The van der Waals surface area contributed by atoms with Crippen LogP contribution in [-0.2, 0) is 12.8 Å². The van der Waals surface area contributed by atoms with Crippen LogP contribution in [0.3, 0.4) is 0 Å². The number of piperazine rings is 1. The molecular formula is C17H23N3. The van der Waals surface area contributed by atoms with Gasteiger partial charge in [-0.2, -0.15) is 0 Å². The molecule has 0 bridgehead atoms. The molecule has 3 heteroatoms. The second kappa shape index (κ2) is 4.90. The van der Waals surface area contributed by atoms with Crippen LogP contribution in [0.4, 0.5) is 0 Å². The van der Waals surface area contributed by atoms with Crippen molar-refractivity contribution in [1.82, 2.24) is 15.2 Å². The van der Waals surface area contributed by atoms with Crippen molar-refractivity contribution in [2.45, 2.75) is 32.2 Å². The van der Waals surface area contributed by atoms with E-state index in [0.717, 1.165) is 19.1 Å². The first-order chi connectivity index (χ1) is 9.81. The molecule has 106 valence electrons. The van der Waals surface area contributed by atoms with Gasteiger partial charge in [0.2, 0.25) is 0 Å². The Morgan fingerprint density at radius 3 is 2.90 bits per heavy atom. The van der Waals surface area contributed by atoms with Crippen LogP contribution in [0.25, 0.3) is 10.9 Å². The Kier molecular flexibility index (Phi) is 3.04. The molecule has 2 heterocycles. The summed E-state index contributed by atoms with van der Waals surface area (Å²) >= 11 is 0. The van der Waals surface area contributed by atoms with Crippen molar-refractivity contribution in [3.05, 3.63) is 35.0 Å². The third-order valence-electron chi connectivity index (χ3n) is 4.99. The maximum Gasteiger partial charge on any atom is 0.0461 e. The smallest absolute Gasteiger partial charge is 0.0461 e. The van der Waals surface area contributed by atoms with Crippen molar-refractivity contribution in [1.29, 1.82) is 0 Å². The quantitative estimate of drug-likeness (QED) is 0.832. The second-order valence-electron chi connectivity index (χ2n) is 6.31. The van der Waals surface area contributed by atoms with Gasteiger partial charge in [0.05, 0.1) is 0 Å². The monoisotopic (exact) mass is 269 g/mol. The first-order valence-electron chi connectivity index (χ1n) is 7.86. The zero-order chi connectivity index (χ0) is 13.5. The van der Waals surface area contributed by atoms with Crippen LogP contribution in [0.1, 0.15) is 23.2 Å². The third kappa shape index (κ3) is 2.05. The van der Waals surface area contributed by atoms with Crippen molar-refractivity contribution < 1.29 is 0 Å². The molecule has 1 saturated heterocycles. The lowest BCUT2D eigenvalue weighted by atomic mass is 9.90. The molecule has 1 unspecified atom stereocenters. The summed E-state index contributed by atoms with van der Waals surface area (Å²) in [5.41, 5.74) is 5.73. The number of aromatic nitrogens is 1. The Hall–Kier alpha value is -1.32. The highest BCUT2D eigenvalue weighted by Crippen LogP contribution is 2.31.